The standard InChI is InChI=1S/C26H36F4O/c1-5-7-20-11-14-22(15-12-20)23(8-6-2)18(3)9-10-21-13-16-24(31-26(28,29)30)25(27)19(4)17-21/h8-9,13,16-17,19-20,22H,5-7,10-12,14-15H2,1-4H3. The van der Waals surface area contributed by atoms with Crippen molar-refractivity contribution in [3.63, 3.8) is 0 Å². The van der Waals surface area contributed by atoms with Gasteiger partial charge in [-0.2, -0.15) is 0 Å². The number of alkyl halides is 3. The Morgan fingerprint density at radius 1 is 1.10 bits per heavy atom. The molecule has 31 heavy (non-hydrogen) atoms. The van der Waals surface area contributed by atoms with E-state index in [1.807, 2.05) is 0 Å². The smallest absolute Gasteiger partial charge is 0.403 e. The third-order valence-electron chi connectivity index (χ3n) is 6.28. The normalized spacial score (nSPS) is 26.1. The first-order valence-corrected chi connectivity index (χ1v) is 11.6. The molecule has 0 saturated heterocycles. The third-order valence-corrected chi connectivity index (χ3v) is 6.28. The molecule has 0 aromatic heterocycles. The van der Waals surface area contributed by atoms with Gasteiger partial charge in [0.2, 0.25) is 0 Å². The lowest BCUT2D eigenvalue weighted by atomic mass is 9.75. The zero-order chi connectivity index (χ0) is 23.0. The van der Waals surface area contributed by atoms with Crippen LogP contribution in [0.1, 0.15) is 79.1 Å². The Hall–Kier alpha value is -1.78. The highest BCUT2D eigenvalue weighted by atomic mass is 19.4. The topological polar surface area (TPSA) is 9.23 Å². The molecule has 2 aliphatic carbocycles. The molecule has 0 aromatic rings. The van der Waals surface area contributed by atoms with Gasteiger partial charge in [-0.05, 0) is 74.5 Å². The molecule has 0 aromatic carbocycles. The fourth-order valence-corrected chi connectivity index (χ4v) is 4.71. The first kappa shape index (κ1) is 25.5. The molecular formula is C26H36F4O. The fourth-order valence-electron chi connectivity index (χ4n) is 4.71. The van der Waals surface area contributed by atoms with E-state index >= 15 is 0 Å². The number of halogens is 4. The van der Waals surface area contributed by atoms with Crippen LogP contribution in [0.2, 0.25) is 0 Å². The first-order valence-electron chi connectivity index (χ1n) is 11.6. The molecule has 0 radical (unpaired) electrons. The maximum atomic E-state index is 14.3. The third kappa shape index (κ3) is 8.01. The van der Waals surface area contributed by atoms with E-state index in [0.29, 0.717) is 12.3 Å². The van der Waals surface area contributed by atoms with Crippen molar-refractivity contribution >= 4 is 0 Å². The number of hydrogen-bond acceptors (Lipinski definition) is 1. The first-order chi connectivity index (χ1) is 14.6. The van der Waals surface area contributed by atoms with Crippen LogP contribution in [-0.2, 0) is 4.74 Å². The second-order valence-electron chi connectivity index (χ2n) is 8.79. The van der Waals surface area contributed by atoms with Crippen molar-refractivity contribution in [1.29, 1.82) is 0 Å². The zero-order valence-electron chi connectivity index (χ0n) is 19.2. The molecule has 0 aliphatic heterocycles. The van der Waals surface area contributed by atoms with E-state index in [1.165, 1.54) is 62.7 Å². The SMILES string of the molecule is CCC=C(C(C)=CCC1=CC(C)C(F)=C(OC(F)(F)F)C=C1)C1CCC(CCC)CC1. The molecule has 0 spiro atoms. The Kier molecular flexibility index (Phi) is 9.64. The van der Waals surface area contributed by atoms with E-state index < -0.39 is 23.9 Å². The molecule has 2 rings (SSSR count). The van der Waals surface area contributed by atoms with Gasteiger partial charge in [0, 0.05) is 5.92 Å². The molecular weight excluding hydrogens is 404 g/mol. The van der Waals surface area contributed by atoms with Crippen LogP contribution < -0.4 is 0 Å². The molecule has 1 fully saturated rings. The average Bonchev–Trinajstić information content (AvgIpc) is 2.84. The van der Waals surface area contributed by atoms with Crippen LogP contribution in [0, 0.1) is 17.8 Å². The van der Waals surface area contributed by atoms with Crippen LogP contribution in [-0.4, -0.2) is 6.36 Å². The minimum atomic E-state index is -4.91. The summed E-state index contributed by atoms with van der Waals surface area (Å²) in [5.41, 5.74) is 3.39. The molecule has 5 heteroatoms. The lowest BCUT2D eigenvalue weighted by Crippen LogP contribution is -2.16. The van der Waals surface area contributed by atoms with Gasteiger partial charge >= 0.3 is 6.36 Å². The summed E-state index contributed by atoms with van der Waals surface area (Å²) in [5.74, 6) is -1.00. The van der Waals surface area contributed by atoms with Gasteiger partial charge in [-0.25, -0.2) is 4.39 Å². The van der Waals surface area contributed by atoms with Crippen LogP contribution in [0.5, 0.6) is 0 Å². The van der Waals surface area contributed by atoms with Crippen molar-refractivity contribution in [2.24, 2.45) is 17.8 Å². The predicted molar refractivity (Wildman–Crippen MR) is 119 cm³/mol. The molecule has 1 unspecified atom stereocenters. The second-order valence-corrected chi connectivity index (χ2v) is 8.79. The van der Waals surface area contributed by atoms with E-state index in [1.54, 1.807) is 6.08 Å². The van der Waals surface area contributed by atoms with E-state index in [2.05, 4.69) is 37.7 Å². The van der Waals surface area contributed by atoms with Crippen molar-refractivity contribution in [2.75, 3.05) is 0 Å². The van der Waals surface area contributed by atoms with E-state index in [4.69, 9.17) is 0 Å². The van der Waals surface area contributed by atoms with E-state index in [-0.39, 0.29) is 0 Å². The summed E-state index contributed by atoms with van der Waals surface area (Å²) in [6, 6.07) is 0. The Labute approximate surface area is 184 Å². The van der Waals surface area contributed by atoms with Crippen molar-refractivity contribution in [3.8, 4) is 0 Å². The largest absolute Gasteiger partial charge is 0.573 e. The molecule has 1 saturated carbocycles. The summed E-state index contributed by atoms with van der Waals surface area (Å²) < 4.78 is 55.8. The Morgan fingerprint density at radius 3 is 2.35 bits per heavy atom. The molecule has 2 aliphatic rings. The maximum absolute atomic E-state index is 14.3. The van der Waals surface area contributed by atoms with Gasteiger partial charge in [0.15, 0.2) is 5.76 Å². The van der Waals surface area contributed by atoms with Crippen LogP contribution in [0.3, 0.4) is 0 Å². The average molecular weight is 441 g/mol. The quantitative estimate of drug-likeness (QED) is 0.270. The van der Waals surface area contributed by atoms with Gasteiger partial charge in [-0.15, -0.1) is 13.2 Å². The summed E-state index contributed by atoms with van der Waals surface area (Å²) in [6.07, 6.45) is 12.9. The molecule has 174 valence electrons. The highest BCUT2D eigenvalue weighted by Gasteiger charge is 2.33. The molecule has 1 atom stereocenters. The molecule has 0 bridgehead atoms. The molecule has 0 heterocycles. The van der Waals surface area contributed by atoms with Crippen LogP contribution in [0.25, 0.3) is 0 Å². The Balaban J connectivity index is 2.08. The van der Waals surface area contributed by atoms with Crippen LogP contribution >= 0.6 is 0 Å². The number of allylic oxidation sites excluding steroid dienone is 9. The van der Waals surface area contributed by atoms with Crippen molar-refractivity contribution in [2.45, 2.75) is 85.4 Å². The minimum Gasteiger partial charge on any atom is -0.403 e. The van der Waals surface area contributed by atoms with Gasteiger partial charge < -0.3 is 4.74 Å². The minimum absolute atomic E-state index is 0.547. The zero-order valence-corrected chi connectivity index (χ0v) is 19.2. The molecule has 0 amide bonds. The second kappa shape index (κ2) is 11.7. The van der Waals surface area contributed by atoms with Crippen molar-refractivity contribution < 1.29 is 22.3 Å². The van der Waals surface area contributed by atoms with Gasteiger partial charge in [-0.1, -0.05) is 63.5 Å². The summed E-state index contributed by atoms with van der Waals surface area (Å²) >= 11 is 0. The van der Waals surface area contributed by atoms with Crippen LogP contribution in [0.4, 0.5) is 17.6 Å². The van der Waals surface area contributed by atoms with Gasteiger partial charge in [0.05, 0.1) is 0 Å². The van der Waals surface area contributed by atoms with Gasteiger partial charge in [-0.3, -0.25) is 0 Å². The predicted octanol–water partition coefficient (Wildman–Crippen LogP) is 9.12. The van der Waals surface area contributed by atoms with Crippen molar-refractivity contribution in [3.05, 3.63) is 58.7 Å². The number of ether oxygens (including phenoxy) is 1. The Bertz CT molecular complexity index is 744. The fraction of sp³-hybridized carbons (Fsp3) is 0.615. The molecule has 1 nitrogen and oxygen atoms in total. The van der Waals surface area contributed by atoms with Crippen LogP contribution in [0.15, 0.2) is 58.7 Å². The van der Waals surface area contributed by atoms with E-state index in [0.717, 1.165) is 24.0 Å². The lowest BCUT2D eigenvalue weighted by Gasteiger charge is -2.30. The lowest BCUT2D eigenvalue weighted by molar-refractivity contribution is -0.304. The maximum Gasteiger partial charge on any atom is 0.573 e. The monoisotopic (exact) mass is 440 g/mol. The summed E-state index contributed by atoms with van der Waals surface area (Å²) in [4.78, 5) is 0. The summed E-state index contributed by atoms with van der Waals surface area (Å²) in [7, 11) is 0. The Morgan fingerprint density at radius 2 is 1.77 bits per heavy atom. The highest BCUT2D eigenvalue weighted by molar-refractivity contribution is 5.37. The number of rotatable bonds is 8. The van der Waals surface area contributed by atoms with Crippen molar-refractivity contribution in [1.82, 2.24) is 0 Å². The van der Waals surface area contributed by atoms with Gasteiger partial charge in [0.1, 0.15) is 5.83 Å². The van der Waals surface area contributed by atoms with E-state index in [9.17, 15) is 17.6 Å². The number of hydrogen-bond donors (Lipinski definition) is 0. The highest BCUT2D eigenvalue weighted by Crippen LogP contribution is 2.38. The summed E-state index contributed by atoms with van der Waals surface area (Å²) in [5, 5.41) is 0. The summed E-state index contributed by atoms with van der Waals surface area (Å²) in [6.45, 7) is 8.04. The molecule has 0 N–H and O–H groups in total. The van der Waals surface area contributed by atoms with Gasteiger partial charge in [0.25, 0.3) is 0 Å².